The van der Waals surface area contributed by atoms with E-state index in [-0.39, 0.29) is 29.2 Å². The fourth-order valence-electron chi connectivity index (χ4n) is 4.17. The standard InChI is InChI=1S/C23H27N5O4S/c1-2-21-26-19-5-3-4-6-20(19)28(21)15-22(29)27-13-11-16(12-14-27)23(30)25-17-7-9-18(10-8-17)33(24,31)32/h3-10,16H,2,11-15H2,1H3,(H,25,30)(H2,24,31,32). The molecule has 1 aliphatic heterocycles. The fourth-order valence-corrected chi connectivity index (χ4v) is 4.69. The van der Waals surface area contributed by atoms with Crippen LogP contribution in [0.25, 0.3) is 11.0 Å². The van der Waals surface area contributed by atoms with E-state index >= 15 is 0 Å². The number of aromatic nitrogens is 2. The van der Waals surface area contributed by atoms with Crippen LogP contribution in [-0.2, 0) is 32.6 Å². The van der Waals surface area contributed by atoms with Crippen molar-refractivity contribution < 1.29 is 18.0 Å². The van der Waals surface area contributed by atoms with Gasteiger partial charge in [-0.3, -0.25) is 9.59 Å². The summed E-state index contributed by atoms with van der Waals surface area (Å²) in [6.45, 7) is 3.27. The summed E-state index contributed by atoms with van der Waals surface area (Å²) in [5.74, 6) is 0.545. The summed E-state index contributed by atoms with van der Waals surface area (Å²) < 4.78 is 24.7. The molecule has 10 heteroatoms. The first kappa shape index (κ1) is 22.9. The summed E-state index contributed by atoms with van der Waals surface area (Å²) in [5.41, 5.74) is 2.34. The van der Waals surface area contributed by atoms with Crippen molar-refractivity contribution in [3.8, 4) is 0 Å². The number of aryl methyl sites for hydroxylation is 1. The van der Waals surface area contributed by atoms with Gasteiger partial charge in [0.15, 0.2) is 0 Å². The van der Waals surface area contributed by atoms with Gasteiger partial charge in [0.1, 0.15) is 12.4 Å². The Morgan fingerprint density at radius 1 is 1.09 bits per heavy atom. The predicted octanol–water partition coefficient (Wildman–Crippen LogP) is 2.12. The molecule has 4 rings (SSSR count). The second-order valence-corrected chi connectivity index (χ2v) is 9.73. The van der Waals surface area contributed by atoms with Crippen molar-refractivity contribution in [2.45, 2.75) is 37.6 Å². The van der Waals surface area contributed by atoms with Crippen LogP contribution in [0.15, 0.2) is 53.4 Å². The number of primary sulfonamides is 1. The molecular weight excluding hydrogens is 442 g/mol. The number of piperidine rings is 1. The minimum atomic E-state index is -3.77. The largest absolute Gasteiger partial charge is 0.341 e. The molecule has 1 saturated heterocycles. The number of likely N-dealkylation sites (tertiary alicyclic amines) is 1. The van der Waals surface area contributed by atoms with E-state index in [1.54, 1.807) is 4.90 Å². The summed E-state index contributed by atoms with van der Waals surface area (Å²) in [5, 5.41) is 7.91. The molecule has 174 valence electrons. The van der Waals surface area contributed by atoms with E-state index < -0.39 is 10.0 Å². The van der Waals surface area contributed by atoms with Crippen molar-refractivity contribution >= 4 is 38.6 Å². The highest BCUT2D eigenvalue weighted by atomic mass is 32.2. The van der Waals surface area contributed by atoms with E-state index in [2.05, 4.69) is 10.3 Å². The molecule has 33 heavy (non-hydrogen) atoms. The van der Waals surface area contributed by atoms with Crippen LogP contribution in [0.5, 0.6) is 0 Å². The van der Waals surface area contributed by atoms with E-state index in [0.717, 1.165) is 23.3 Å². The highest BCUT2D eigenvalue weighted by Gasteiger charge is 2.28. The van der Waals surface area contributed by atoms with Crippen molar-refractivity contribution in [1.29, 1.82) is 0 Å². The van der Waals surface area contributed by atoms with Crippen molar-refractivity contribution in [3.05, 3.63) is 54.4 Å². The normalized spacial score (nSPS) is 15.0. The van der Waals surface area contributed by atoms with Gasteiger partial charge in [0, 0.05) is 31.1 Å². The Balaban J connectivity index is 1.34. The summed E-state index contributed by atoms with van der Waals surface area (Å²) in [7, 11) is -3.77. The first-order valence-electron chi connectivity index (χ1n) is 10.9. The van der Waals surface area contributed by atoms with Gasteiger partial charge in [-0.2, -0.15) is 0 Å². The summed E-state index contributed by atoms with van der Waals surface area (Å²) in [4.78, 5) is 32.0. The maximum atomic E-state index is 13.0. The molecule has 1 aliphatic rings. The number of amides is 2. The van der Waals surface area contributed by atoms with Crippen molar-refractivity contribution in [2.75, 3.05) is 18.4 Å². The second-order valence-electron chi connectivity index (χ2n) is 8.17. The molecule has 3 aromatic rings. The third-order valence-electron chi connectivity index (χ3n) is 6.01. The number of nitrogens with two attached hydrogens (primary N) is 1. The number of rotatable bonds is 6. The second kappa shape index (κ2) is 9.32. The summed E-state index contributed by atoms with van der Waals surface area (Å²) in [6, 6.07) is 13.5. The molecule has 0 aliphatic carbocycles. The van der Waals surface area contributed by atoms with Crippen LogP contribution in [-0.4, -0.2) is 47.8 Å². The minimum Gasteiger partial charge on any atom is -0.341 e. The molecule has 0 saturated carbocycles. The van der Waals surface area contributed by atoms with Crippen LogP contribution in [0.1, 0.15) is 25.6 Å². The number of imidazole rings is 1. The quantitative estimate of drug-likeness (QED) is 0.572. The highest BCUT2D eigenvalue weighted by Crippen LogP contribution is 2.22. The van der Waals surface area contributed by atoms with Gasteiger partial charge in [-0.05, 0) is 49.2 Å². The molecule has 0 radical (unpaired) electrons. The van der Waals surface area contributed by atoms with E-state index in [9.17, 15) is 18.0 Å². The topological polar surface area (TPSA) is 127 Å². The SMILES string of the molecule is CCc1nc2ccccc2n1CC(=O)N1CCC(C(=O)Nc2ccc(S(N)(=O)=O)cc2)CC1. The molecule has 0 unspecified atom stereocenters. The number of nitrogens with one attached hydrogen (secondary N) is 1. The molecule has 0 bridgehead atoms. The van der Waals surface area contributed by atoms with E-state index in [1.807, 2.05) is 35.8 Å². The molecule has 2 amide bonds. The Bertz CT molecular complexity index is 1280. The number of hydrogen-bond acceptors (Lipinski definition) is 5. The number of sulfonamides is 1. The number of nitrogens with zero attached hydrogens (tertiary/aromatic N) is 3. The zero-order chi connectivity index (χ0) is 23.6. The Morgan fingerprint density at radius 2 is 1.76 bits per heavy atom. The van der Waals surface area contributed by atoms with Gasteiger partial charge < -0.3 is 14.8 Å². The van der Waals surface area contributed by atoms with E-state index in [4.69, 9.17) is 5.14 Å². The van der Waals surface area contributed by atoms with Crippen LogP contribution in [0.3, 0.4) is 0 Å². The van der Waals surface area contributed by atoms with E-state index in [0.29, 0.717) is 31.6 Å². The smallest absolute Gasteiger partial charge is 0.242 e. The third kappa shape index (κ3) is 5.07. The Labute approximate surface area is 192 Å². The number of carbonyl (C=O) groups excluding carboxylic acids is 2. The summed E-state index contributed by atoms with van der Waals surface area (Å²) >= 11 is 0. The van der Waals surface area contributed by atoms with Crippen molar-refractivity contribution in [1.82, 2.24) is 14.5 Å². The highest BCUT2D eigenvalue weighted by molar-refractivity contribution is 7.89. The van der Waals surface area contributed by atoms with Crippen LogP contribution in [0.2, 0.25) is 0 Å². The third-order valence-corrected chi connectivity index (χ3v) is 6.94. The zero-order valence-electron chi connectivity index (χ0n) is 18.4. The monoisotopic (exact) mass is 469 g/mol. The summed E-state index contributed by atoms with van der Waals surface area (Å²) in [6.07, 6.45) is 1.87. The molecule has 1 aromatic heterocycles. The molecule has 3 N–H and O–H groups in total. The number of hydrogen-bond donors (Lipinski definition) is 2. The Hall–Kier alpha value is -3.24. The van der Waals surface area contributed by atoms with Gasteiger partial charge in [-0.15, -0.1) is 0 Å². The lowest BCUT2D eigenvalue weighted by molar-refractivity contribution is -0.135. The van der Waals surface area contributed by atoms with Crippen LogP contribution < -0.4 is 10.5 Å². The van der Waals surface area contributed by atoms with Gasteiger partial charge in [-0.1, -0.05) is 19.1 Å². The van der Waals surface area contributed by atoms with Crippen molar-refractivity contribution in [3.63, 3.8) is 0 Å². The van der Waals surface area contributed by atoms with Crippen LogP contribution in [0, 0.1) is 5.92 Å². The van der Waals surface area contributed by atoms with Crippen LogP contribution in [0.4, 0.5) is 5.69 Å². The maximum Gasteiger partial charge on any atom is 0.242 e. The van der Waals surface area contributed by atoms with Gasteiger partial charge in [0.05, 0.1) is 15.9 Å². The molecule has 9 nitrogen and oxygen atoms in total. The maximum absolute atomic E-state index is 13.0. The average molecular weight is 470 g/mol. The Morgan fingerprint density at radius 3 is 2.39 bits per heavy atom. The molecule has 1 fully saturated rings. The first-order chi connectivity index (χ1) is 15.8. The van der Waals surface area contributed by atoms with E-state index in [1.165, 1.54) is 24.3 Å². The number of para-hydroxylation sites is 2. The lowest BCUT2D eigenvalue weighted by Crippen LogP contribution is -2.42. The zero-order valence-corrected chi connectivity index (χ0v) is 19.2. The number of carbonyl (C=O) groups is 2. The van der Waals surface area contributed by atoms with Gasteiger partial charge >= 0.3 is 0 Å². The molecule has 2 aromatic carbocycles. The molecular formula is C23H27N5O4S. The Kier molecular flexibility index (Phi) is 6.48. The lowest BCUT2D eigenvalue weighted by atomic mass is 9.95. The number of fused-ring (bicyclic) bond motifs is 1. The van der Waals surface area contributed by atoms with Gasteiger partial charge in [0.25, 0.3) is 0 Å². The number of anilines is 1. The number of benzene rings is 2. The van der Waals surface area contributed by atoms with Gasteiger partial charge in [-0.25, -0.2) is 18.5 Å². The molecule has 2 heterocycles. The van der Waals surface area contributed by atoms with Crippen LogP contribution >= 0.6 is 0 Å². The fraction of sp³-hybridized carbons (Fsp3) is 0.348. The lowest BCUT2D eigenvalue weighted by Gasteiger charge is -2.31. The van der Waals surface area contributed by atoms with Gasteiger partial charge in [0.2, 0.25) is 21.8 Å². The van der Waals surface area contributed by atoms with Crippen molar-refractivity contribution in [2.24, 2.45) is 11.1 Å². The molecule has 0 atom stereocenters. The predicted molar refractivity (Wildman–Crippen MR) is 125 cm³/mol. The average Bonchev–Trinajstić information content (AvgIpc) is 3.16. The molecule has 0 spiro atoms. The first-order valence-corrected chi connectivity index (χ1v) is 12.5. The minimum absolute atomic E-state index is 0.00998.